The molecule has 1 aromatic heterocycles. The number of esters is 1. The Kier molecular flexibility index (Phi) is 4.06. The summed E-state index contributed by atoms with van der Waals surface area (Å²) in [5.41, 5.74) is 0. The van der Waals surface area contributed by atoms with Crippen molar-refractivity contribution in [1.82, 2.24) is 20.1 Å². The molecule has 1 N–H and O–H groups in total. The molecular weight excluding hydrogens is 184 g/mol. The van der Waals surface area contributed by atoms with Crippen molar-refractivity contribution < 1.29 is 9.53 Å². The van der Waals surface area contributed by atoms with Crippen LogP contribution in [-0.4, -0.2) is 33.9 Å². The summed E-state index contributed by atoms with van der Waals surface area (Å²) in [6, 6.07) is 0. The van der Waals surface area contributed by atoms with E-state index in [9.17, 15) is 4.79 Å². The largest absolute Gasteiger partial charge is 0.465 e. The molecule has 0 radical (unpaired) electrons. The summed E-state index contributed by atoms with van der Waals surface area (Å²) in [7, 11) is 1.85. The Morgan fingerprint density at radius 1 is 1.71 bits per heavy atom. The quantitative estimate of drug-likeness (QED) is 0.644. The second kappa shape index (κ2) is 5.33. The second-order valence-corrected chi connectivity index (χ2v) is 2.77. The fourth-order valence-electron chi connectivity index (χ4n) is 0.956. The number of carbonyl (C=O) groups is 1. The van der Waals surface area contributed by atoms with E-state index in [0.29, 0.717) is 13.2 Å². The van der Waals surface area contributed by atoms with E-state index in [1.165, 1.54) is 0 Å². The van der Waals surface area contributed by atoms with Crippen LogP contribution in [0.15, 0.2) is 6.33 Å². The van der Waals surface area contributed by atoms with Crippen molar-refractivity contribution in [2.75, 3.05) is 13.2 Å². The van der Waals surface area contributed by atoms with Gasteiger partial charge in [0.25, 0.3) is 0 Å². The predicted octanol–water partition coefficient (Wildman–Crippen LogP) is -0.532. The summed E-state index contributed by atoms with van der Waals surface area (Å²) < 4.78 is 6.54. The first-order valence-electron chi connectivity index (χ1n) is 4.43. The zero-order chi connectivity index (χ0) is 10.4. The van der Waals surface area contributed by atoms with E-state index < -0.39 is 0 Å². The molecule has 0 amide bonds. The van der Waals surface area contributed by atoms with Crippen LogP contribution in [0.25, 0.3) is 0 Å². The van der Waals surface area contributed by atoms with Crippen LogP contribution in [0.5, 0.6) is 0 Å². The van der Waals surface area contributed by atoms with E-state index in [2.05, 4.69) is 15.5 Å². The van der Waals surface area contributed by atoms with Crippen molar-refractivity contribution in [3.05, 3.63) is 12.2 Å². The van der Waals surface area contributed by atoms with E-state index >= 15 is 0 Å². The average Bonchev–Trinajstić information content (AvgIpc) is 2.52. The van der Waals surface area contributed by atoms with Gasteiger partial charge in [0, 0.05) is 7.05 Å². The third-order valence-corrected chi connectivity index (χ3v) is 1.66. The maximum absolute atomic E-state index is 10.9. The second-order valence-electron chi connectivity index (χ2n) is 2.77. The van der Waals surface area contributed by atoms with Crippen LogP contribution in [0.3, 0.4) is 0 Å². The number of carbonyl (C=O) groups excluding carboxylic acids is 1. The molecule has 0 aliphatic heterocycles. The number of hydrogen-bond donors (Lipinski definition) is 1. The lowest BCUT2D eigenvalue weighted by atomic mass is 10.5. The highest BCUT2D eigenvalue weighted by Gasteiger charge is 2.03. The number of nitrogens with zero attached hydrogens (tertiary/aromatic N) is 3. The number of rotatable bonds is 5. The third-order valence-electron chi connectivity index (χ3n) is 1.66. The molecule has 1 heterocycles. The Morgan fingerprint density at radius 3 is 3.07 bits per heavy atom. The van der Waals surface area contributed by atoms with E-state index in [-0.39, 0.29) is 12.5 Å². The lowest BCUT2D eigenvalue weighted by molar-refractivity contribution is -0.142. The smallest absolute Gasteiger partial charge is 0.319 e. The lowest BCUT2D eigenvalue weighted by Crippen LogP contribution is -2.25. The average molecular weight is 198 g/mol. The van der Waals surface area contributed by atoms with Crippen LogP contribution in [0.1, 0.15) is 12.7 Å². The van der Waals surface area contributed by atoms with Gasteiger partial charge >= 0.3 is 5.97 Å². The Labute approximate surface area is 82.3 Å². The number of hydrogen-bond acceptors (Lipinski definition) is 5. The van der Waals surface area contributed by atoms with Gasteiger partial charge in [0.05, 0.1) is 19.7 Å². The van der Waals surface area contributed by atoms with E-state index in [1.807, 2.05) is 7.05 Å². The molecule has 0 aliphatic rings. The topological polar surface area (TPSA) is 69.0 Å². The molecular formula is C8H14N4O2. The minimum atomic E-state index is -0.255. The molecule has 78 valence electrons. The first-order chi connectivity index (χ1) is 6.74. The molecule has 0 aromatic carbocycles. The fourth-order valence-corrected chi connectivity index (χ4v) is 0.956. The molecule has 6 nitrogen and oxygen atoms in total. The SMILES string of the molecule is CCOC(=O)CNCc1nncn1C. The van der Waals surface area contributed by atoms with Gasteiger partial charge in [0.1, 0.15) is 12.2 Å². The minimum absolute atomic E-state index is 0.195. The van der Waals surface area contributed by atoms with Gasteiger partial charge in [0.15, 0.2) is 0 Å². The van der Waals surface area contributed by atoms with Crippen molar-refractivity contribution in [1.29, 1.82) is 0 Å². The normalized spacial score (nSPS) is 10.1. The molecule has 0 fully saturated rings. The van der Waals surface area contributed by atoms with Crippen LogP contribution in [0.2, 0.25) is 0 Å². The van der Waals surface area contributed by atoms with Crippen LogP contribution >= 0.6 is 0 Å². The van der Waals surface area contributed by atoms with Gasteiger partial charge in [-0.15, -0.1) is 10.2 Å². The fraction of sp³-hybridized carbons (Fsp3) is 0.625. The summed E-state index contributed by atoms with van der Waals surface area (Å²) in [5.74, 6) is 0.531. The van der Waals surface area contributed by atoms with Crippen molar-refractivity contribution in [2.45, 2.75) is 13.5 Å². The van der Waals surface area contributed by atoms with E-state index in [4.69, 9.17) is 4.74 Å². The van der Waals surface area contributed by atoms with Crippen LogP contribution in [-0.2, 0) is 23.1 Å². The molecule has 0 spiro atoms. The Balaban J connectivity index is 2.22. The molecule has 0 bridgehead atoms. The number of aryl methyl sites for hydroxylation is 1. The summed E-state index contributed by atoms with van der Waals surface area (Å²) in [6.07, 6.45) is 1.61. The van der Waals surface area contributed by atoms with Crippen molar-refractivity contribution >= 4 is 5.97 Å². The highest BCUT2D eigenvalue weighted by Crippen LogP contribution is 1.89. The Bertz CT molecular complexity index is 297. The zero-order valence-electron chi connectivity index (χ0n) is 8.36. The highest BCUT2D eigenvalue weighted by molar-refractivity contribution is 5.71. The number of aromatic nitrogens is 3. The molecule has 1 aromatic rings. The van der Waals surface area contributed by atoms with E-state index in [0.717, 1.165) is 5.82 Å². The van der Waals surface area contributed by atoms with Gasteiger partial charge < -0.3 is 9.30 Å². The van der Waals surface area contributed by atoms with E-state index in [1.54, 1.807) is 17.8 Å². The van der Waals surface area contributed by atoms with Gasteiger partial charge in [0.2, 0.25) is 0 Å². The maximum atomic E-state index is 10.9. The molecule has 0 atom stereocenters. The zero-order valence-corrected chi connectivity index (χ0v) is 8.36. The molecule has 6 heteroatoms. The maximum Gasteiger partial charge on any atom is 0.319 e. The first-order valence-corrected chi connectivity index (χ1v) is 4.43. The molecule has 14 heavy (non-hydrogen) atoms. The van der Waals surface area contributed by atoms with Crippen LogP contribution in [0, 0.1) is 0 Å². The molecule has 0 aliphatic carbocycles. The van der Waals surface area contributed by atoms with Crippen molar-refractivity contribution in [3.63, 3.8) is 0 Å². The lowest BCUT2D eigenvalue weighted by Gasteiger charge is -2.03. The van der Waals surface area contributed by atoms with Crippen molar-refractivity contribution in [2.24, 2.45) is 7.05 Å². The minimum Gasteiger partial charge on any atom is -0.465 e. The number of nitrogens with one attached hydrogen (secondary N) is 1. The van der Waals surface area contributed by atoms with Gasteiger partial charge in [-0.3, -0.25) is 10.1 Å². The summed E-state index contributed by atoms with van der Waals surface area (Å²) in [5, 5.41) is 10.5. The van der Waals surface area contributed by atoms with Crippen molar-refractivity contribution in [3.8, 4) is 0 Å². The van der Waals surface area contributed by atoms with Gasteiger partial charge in [-0.2, -0.15) is 0 Å². The summed E-state index contributed by atoms with van der Waals surface area (Å²) in [6.45, 7) is 2.89. The van der Waals surface area contributed by atoms with Gasteiger partial charge in [-0.1, -0.05) is 0 Å². The highest BCUT2D eigenvalue weighted by atomic mass is 16.5. The molecule has 0 saturated carbocycles. The van der Waals surface area contributed by atoms with Gasteiger partial charge in [-0.25, -0.2) is 0 Å². The standard InChI is InChI=1S/C8H14N4O2/c1-3-14-8(13)5-9-4-7-11-10-6-12(7)2/h6,9H,3-5H2,1-2H3. The van der Waals surface area contributed by atoms with Crippen LogP contribution in [0.4, 0.5) is 0 Å². The third kappa shape index (κ3) is 3.14. The summed E-state index contributed by atoms with van der Waals surface area (Å²) >= 11 is 0. The van der Waals surface area contributed by atoms with Gasteiger partial charge in [-0.05, 0) is 6.92 Å². The Morgan fingerprint density at radius 2 is 2.50 bits per heavy atom. The predicted molar refractivity (Wildman–Crippen MR) is 49.3 cm³/mol. The summed E-state index contributed by atoms with van der Waals surface area (Å²) in [4.78, 5) is 10.9. The molecule has 0 saturated heterocycles. The number of ether oxygens (including phenoxy) is 1. The monoisotopic (exact) mass is 198 g/mol. The van der Waals surface area contributed by atoms with Crippen LogP contribution < -0.4 is 5.32 Å². The molecule has 0 unspecified atom stereocenters. The molecule has 1 rings (SSSR count). The Hall–Kier alpha value is -1.43. The first kappa shape index (κ1) is 10.6.